The normalized spacial score (nSPS) is 20.1. The molecule has 0 aromatic heterocycles. The number of nitrogens with zero attached hydrogens (tertiary/aromatic N) is 1. The Morgan fingerprint density at radius 3 is 2.79 bits per heavy atom. The van der Waals surface area contributed by atoms with E-state index in [1.54, 1.807) is 26.1 Å². The van der Waals surface area contributed by atoms with E-state index in [1.165, 1.54) is 10.4 Å². The summed E-state index contributed by atoms with van der Waals surface area (Å²) in [5.74, 6) is 0. The zero-order chi connectivity index (χ0) is 14.0. The minimum Gasteiger partial charge on any atom is -0.392 e. The van der Waals surface area contributed by atoms with Gasteiger partial charge in [0.25, 0.3) is 0 Å². The third kappa shape index (κ3) is 2.81. The highest BCUT2D eigenvalue weighted by atomic mass is 32.2. The second kappa shape index (κ2) is 5.58. The summed E-state index contributed by atoms with van der Waals surface area (Å²) < 4.78 is 31.8. The molecule has 1 atom stereocenters. The molecule has 1 aromatic rings. The maximum absolute atomic E-state index is 12.6. The van der Waals surface area contributed by atoms with E-state index in [0.717, 1.165) is 0 Å². The molecule has 106 valence electrons. The first-order chi connectivity index (χ1) is 8.96. The van der Waals surface area contributed by atoms with Crippen molar-refractivity contribution in [3.8, 4) is 0 Å². The summed E-state index contributed by atoms with van der Waals surface area (Å²) in [6.07, 6.45) is 0.717. The molecule has 1 aromatic carbocycles. The lowest BCUT2D eigenvalue weighted by atomic mass is 10.2. The summed E-state index contributed by atoms with van der Waals surface area (Å²) in [7, 11) is -1.96. The molecule has 0 aliphatic carbocycles. The van der Waals surface area contributed by atoms with E-state index >= 15 is 0 Å². The van der Waals surface area contributed by atoms with Crippen molar-refractivity contribution in [1.29, 1.82) is 0 Å². The molecule has 1 saturated heterocycles. The van der Waals surface area contributed by atoms with Crippen LogP contribution in [0, 0.1) is 6.92 Å². The molecule has 1 fully saturated rings. The van der Waals surface area contributed by atoms with Crippen LogP contribution < -0.4 is 0 Å². The molecule has 1 heterocycles. The summed E-state index contributed by atoms with van der Waals surface area (Å²) >= 11 is 0. The van der Waals surface area contributed by atoms with Crippen LogP contribution in [-0.2, 0) is 21.4 Å². The van der Waals surface area contributed by atoms with Crippen LogP contribution in [0.3, 0.4) is 0 Å². The smallest absolute Gasteiger partial charge is 0.243 e. The third-order valence-corrected chi connectivity index (χ3v) is 5.56. The fourth-order valence-corrected chi connectivity index (χ4v) is 3.83. The van der Waals surface area contributed by atoms with Crippen molar-refractivity contribution in [1.82, 2.24) is 4.31 Å². The Morgan fingerprint density at radius 1 is 1.47 bits per heavy atom. The summed E-state index contributed by atoms with van der Waals surface area (Å²) in [5.41, 5.74) is 1.28. The number of aryl methyl sites for hydroxylation is 1. The van der Waals surface area contributed by atoms with Gasteiger partial charge >= 0.3 is 0 Å². The molecule has 0 saturated carbocycles. The third-order valence-electron chi connectivity index (χ3n) is 3.51. The maximum Gasteiger partial charge on any atom is 0.243 e. The Morgan fingerprint density at radius 2 is 2.21 bits per heavy atom. The van der Waals surface area contributed by atoms with Crippen LogP contribution in [0.15, 0.2) is 23.1 Å². The van der Waals surface area contributed by atoms with Crippen LogP contribution >= 0.6 is 0 Å². The van der Waals surface area contributed by atoms with Gasteiger partial charge in [-0.1, -0.05) is 12.1 Å². The lowest BCUT2D eigenvalue weighted by Gasteiger charge is -2.23. The van der Waals surface area contributed by atoms with Gasteiger partial charge in [-0.05, 0) is 30.5 Å². The molecule has 0 spiro atoms. The first-order valence-electron chi connectivity index (χ1n) is 6.23. The summed E-state index contributed by atoms with van der Waals surface area (Å²) in [5, 5.41) is 9.14. The zero-order valence-electron chi connectivity index (χ0n) is 11.2. The van der Waals surface area contributed by atoms with E-state index in [0.29, 0.717) is 30.8 Å². The van der Waals surface area contributed by atoms with E-state index in [4.69, 9.17) is 9.84 Å². The summed E-state index contributed by atoms with van der Waals surface area (Å²) in [6, 6.07) is 4.88. The predicted molar refractivity (Wildman–Crippen MR) is 71.3 cm³/mol. The summed E-state index contributed by atoms with van der Waals surface area (Å²) in [4.78, 5) is 0.258. The lowest BCUT2D eigenvalue weighted by molar-refractivity contribution is 0.181. The molecule has 1 aliphatic heterocycles. The van der Waals surface area contributed by atoms with Crippen molar-refractivity contribution in [2.45, 2.75) is 30.9 Å². The molecule has 5 nitrogen and oxygen atoms in total. The van der Waals surface area contributed by atoms with E-state index in [1.807, 2.05) is 0 Å². The van der Waals surface area contributed by atoms with Gasteiger partial charge in [0.2, 0.25) is 10.0 Å². The number of aliphatic hydroxyl groups excluding tert-OH is 1. The number of aliphatic hydroxyl groups is 1. The van der Waals surface area contributed by atoms with E-state index in [9.17, 15) is 8.42 Å². The predicted octanol–water partition coefficient (Wildman–Crippen LogP) is 0.897. The minimum absolute atomic E-state index is 0.109. The Labute approximate surface area is 113 Å². The van der Waals surface area contributed by atoms with Gasteiger partial charge in [0.05, 0.1) is 24.2 Å². The Hall–Kier alpha value is -0.950. The van der Waals surface area contributed by atoms with Gasteiger partial charge in [0.1, 0.15) is 0 Å². The number of hydrogen-bond acceptors (Lipinski definition) is 4. The van der Waals surface area contributed by atoms with E-state index < -0.39 is 10.0 Å². The standard InChI is InChI=1S/C13H19NO4S/c1-10-3-4-11(8-15)7-13(10)19(16,17)14(2)12-5-6-18-9-12/h3-4,7,12,15H,5-6,8-9H2,1-2H3. The van der Waals surface area contributed by atoms with Crippen molar-refractivity contribution in [3.05, 3.63) is 29.3 Å². The summed E-state index contributed by atoms with van der Waals surface area (Å²) in [6.45, 7) is 2.63. The van der Waals surface area contributed by atoms with Crippen LogP contribution in [0.1, 0.15) is 17.5 Å². The molecule has 0 radical (unpaired) electrons. The molecular formula is C13H19NO4S. The zero-order valence-corrected chi connectivity index (χ0v) is 12.0. The van der Waals surface area contributed by atoms with Gasteiger partial charge in [0, 0.05) is 13.7 Å². The highest BCUT2D eigenvalue weighted by Crippen LogP contribution is 2.24. The molecule has 0 bridgehead atoms. The molecule has 2 rings (SSSR count). The van der Waals surface area contributed by atoms with Gasteiger partial charge in [0.15, 0.2) is 0 Å². The van der Waals surface area contributed by atoms with E-state index in [2.05, 4.69) is 0 Å². The second-order valence-corrected chi connectivity index (χ2v) is 6.76. The van der Waals surface area contributed by atoms with Crippen molar-refractivity contribution in [2.24, 2.45) is 0 Å². The number of sulfonamides is 1. The van der Waals surface area contributed by atoms with Crippen molar-refractivity contribution >= 4 is 10.0 Å². The van der Waals surface area contributed by atoms with Crippen molar-refractivity contribution < 1.29 is 18.3 Å². The van der Waals surface area contributed by atoms with Gasteiger partial charge in [-0.2, -0.15) is 4.31 Å². The fraction of sp³-hybridized carbons (Fsp3) is 0.538. The number of hydrogen-bond donors (Lipinski definition) is 1. The van der Waals surface area contributed by atoms with Gasteiger partial charge in [-0.25, -0.2) is 8.42 Å². The first-order valence-corrected chi connectivity index (χ1v) is 7.67. The SMILES string of the molecule is Cc1ccc(CO)cc1S(=O)(=O)N(C)C1CCOC1. The molecule has 1 N–H and O–H groups in total. The monoisotopic (exact) mass is 285 g/mol. The number of benzene rings is 1. The number of ether oxygens (including phenoxy) is 1. The minimum atomic E-state index is -3.54. The molecule has 1 aliphatic rings. The molecule has 1 unspecified atom stereocenters. The number of rotatable bonds is 4. The van der Waals surface area contributed by atoms with Crippen LogP contribution in [0.4, 0.5) is 0 Å². The van der Waals surface area contributed by atoms with Crippen LogP contribution in [0.5, 0.6) is 0 Å². The molecule has 6 heteroatoms. The van der Waals surface area contributed by atoms with Gasteiger partial charge in [-0.15, -0.1) is 0 Å². The Balaban J connectivity index is 2.38. The maximum atomic E-state index is 12.6. The quantitative estimate of drug-likeness (QED) is 0.892. The Bertz CT molecular complexity index is 550. The molecular weight excluding hydrogens is 266 g/mol. The first kappa shape index (κ1) is 14.5. The topological polar surface area (TPSA) is 66.8 Å². The largest absolute Gasteiger partial charge is 0.392 e. The van der Waals surface area contributed by atoms with Crippen molar-refractivity contribution in [3.63, 3.8) is 0 Å². The fourth-order valence-electron chi connectivity index (χ4n) is 2.18. The average Bonchev–Trinajstić information content (AvgIpc) is 2.92. The number of likely N-dealkylation sites (N-methyl/N-ethyl adjacent to an activating group) is 1. The Kier molecular flexibility index (Phi) is 4.25. The van der Waals surface area contributed by atoms with Crippen LogP contribution in [-0.4, -0.2) is 44.1 Å². The second-order valence-electron chi connectivity index (χ2n) is 4.80. The lowest BCUT2D eigenvalue weighted by Crippen LogP contribution is -2.37. The van der Waals surface area contributed by atoms with E-state index in [-0.39, 0.29) is 17.5 Å². The highest BCUT2D eigenvalue weighted by Gasteiger charge is 2.31. The highest BCUT2D eigenvalue weighted by molar-refractivity contribution is 7.89. The molecule has 0 amide bonds. The molecule has 19 heavy (non-hydrogen) atoms. The van der Waals surface area contributed by atoms with Crippen LogP contribution in [0.2, 0.25) is 0 Å². The average molecular weight is 285 g/mol. The van der Waals surface area contributed by atoms with Gasteiger partial charge < -0.3 is 9.84 Å². The van der Waals surface area contributed by atoms with Crippen LogP contribution in [0.25, 0.3) is 0 Å². The van der Waals surface area contributed by atoms with Gasteiger partial charge in [-0.3, -0.25) is 0 Å². The van der Waals surface area contributed by atoms with Crippen molar-refractivity contribution in [2.75, 3.05) is 20.3 Å².